The third-order valence-electron chi connectivity index (χ3n) is 2.16. The maximum Gasteiger partial charge on any atom is 0.335 e. The summed E-state index contributed by atoms with van der Waals surface area (Å²) in [5.41, 5.74) is -0.00870. The van der Waals surface area contributed by atoms with Crippen LogP contribution in [0.4, 0.5) is 0 Å². The lowest BCUT2D eigenvalue weighted by Crippen LogP contribution is -1.95. The van der Waals surface area contributed by atoms with Gasteiger partial charge >= 0.3 is 5.97 Å². The number of hydrogen-bond donors (Lipinski definition) is 3. The molecule has 2 aromatic carbocycles. The van der Waals surface area contributed by atoms with Crippen LogP contribution in [0, 0.1) is 0 Å². The molecule has 4 nitrogen and oxygen atoms in total. The molecule has 0 aliphatic carbocycles. The number of fused-ring (bicyclic) bond motifs is 1. The minimum absolute atomic E-state index is 0.00870. The van der Waals surface area contributed by atoms with Crippen molar-refractivity contribution >= 4 is 16.7 Å². The van der Waals surface area contributed by atoms with Crippen LogP contribution in [0.15, 0.2) is 30.3 Å². The van der Waals surface area contributed by atoms with Crippen LogP contribution >= 0.6 is 0 Å². The van der Waals surface area contributed by atoms with E-state index in [0.29, 0.717) is 10.8 Å². The normalized spacial score (nSPS) is 10.4. The summed E-state index contributed by atoms with van der Waals surface area (Å²) >= 11 is 0. The Bertz CT molecular complexity index is 546. The van der Waals surface area contributed by atoms with Gasteiger partial charge in [-0.15, -0.1) is 0 Å². The minimum Gasteiger partial charge on any atom is -0.508 e. The number of carboxylic acid groups (broad SMARTS) is 1. The van der Waals surface area contributed by atoms with Gasteiger partial charge in [0.25, 0.3) is 0 Å². The summed E-state index contributed by atoms with van der Waals surface area (Å²) in [6.45, 7) is 0. The van der Waals surface area contributed by atoms with Crippen molar-refractivity contribution in [3.8, 4) is 11.5 Å². The van der Waals surface area contributed by atoms with Crippen molar-refractivity contribution in [3.63, 3.8) is 0 Å². The molecule has 3 N–H and O–H groups in total. The maximum atomic E-state index is 10.7. The summed E-state index contributed by atoms with van der Waals surface area (Å²) in [5, 5.41) is 28.5. The zero-order chi connectivity index (χ0) is 11.0. The first-order chi connectivity index (χ1) is 7.08. The number of carbonyl (C=O) groups is 1. The van der Waals surface area contributed by atoms with Crippen molar-refractivity contribution in [2.45, 2.75) is 0 Å². The third-order valence-corrected chi connectivity index (χ3v) is 2.16. The highest BCUT2D eigenvalue weighted by Crippen LogP contribution is 2.29. The van der Waals surface area contributed by atoms with Crippen LogP contribution in [0.25, 0.3) is 10.8 Å². The maximum absolute atomic E-state index is 10.7. The summed E-state index contributed by atoms with van der Waals surface area (Å²) in [4.78, 5) is 10.7. The van der Waals surface area contributed by atoms with Crippen molar-refractivity contribution in [2.75, 3.05) is 0 Å². The van der Waals surface area contributed by atoms with Crippen molar-refractivity contribution in [1.29, 1.82) is 0 Å². The number of hydrogen-bond acceptors (Lipinski definition) is 3. The largest absolute Gasteiger partial charge is 0.508 e. The molecule has 0 spiro atoms. The van der Waals surface area contributed by atoms with Gasteiger partial charge in [-0.05, 0) is 35.7 Å². The Morgan fingerprint density at radius 2 is 1.80 bits per heavy atom. The van der Waals surface area contributed by atoms with Crippen LogP contribution in [0.5, 0.6) is 11.5 Å². The van der Waals surface area contributed by atoms with Crippen LogP contribution < -0.4 is 0 Å². The van der Waals surface area contributed by atoms with Gasteiger partial charge in [0.15, 0.2) is 0 Å². The summed E-state index contributed by atoms with van der Waals surface area (Å²) < 4.78 is 0. The number of aromatic hydroxyl groups is 2. The number of benzene rings is 2. The van der Waals surface area contributed by atoms with Crippen molar-refractivity contribution < 1.29 is 20.1 Å². The topological polar surface area (TPSA) is 77.8 Å². The smallest absolute Gasteiger partial charge is 0.335 e. The molecule has 15 heavy (non-hydrogen) atoms. The second-order valence-electron chi connectivity index (χ2n) is 3.21. The molecule has 0 fully saturated rings. The van der Waals surface area contributed by atoms with Crippen LogP contribution in [-0.2, 0) is 0 Å². The lowest BCUT2D eigenvalue weighted by molar-refractivity contribution is 0.0696. The molecule has 0 heterocycles. The van der Waals surface area contributed by atoms with Crippen LogP contribution in [-0.4, -0.2) is 21.3 Å². The molecule has 76 valence electrons. The Balaban J connectivity index is 2.79. The Hall–Kier alpha value is -2.23. The summed E-state index contributed by atoms with van der Waals surface area (Å²) in [6, 6.07) is 6.95. The highest BCUT2D eigenvalue weighted by Gasteiger charge is 2.08. The van der Waals surface area contributed by atoms with E-state index in [2.05, 4.69) is 0 Å². The van der Waals surface area contributed by atoms with E-state index in [0.717, 1.165) is 0 Å². The predicted octanol–water partition coefficient (Wildman–Crippen LogP) is 1.95. The van der Waals surface area contributed by atoms with Gasteiger partial charge in [0, 0.05) is 5.39 Å². The van der Waals surface area contributed by atoms with E-state index in [9.17, 15) is 15.0 Å². The molecular weight excluding hydrogens is 196 g/mol. The fraction of sp³-hybridized carbons (Fsp3) is 0. The average Bonchev–Trinajstić information content (AvgIpc) is 2.16. The van der Waals surface area contributed by atoms with E-state index in [1.807, 2.05) is 0 Å². The first-order valence-corrected chi connectivity index (χ1v) is 4.27. The highest BCUT2D eigenvalue weighted by atomic mass is 16.4. The second-order valence-corrected chi connectivity index (χ2v) is 3.21. The zero-order valence-corrected chi connectivity index (χ0v) is 7.64. The lowest BCUT2D eigenvalue weighted by Gasteiger charge is -2.03. The van der Waals surface area contributed by atoms with Crippen molar-refractivity contribution in [2.24, 2.45) is 0 Å². The molecule has 2 aromatic rings. The van der Waals surface area contributed by atoms with E-state index in [-0.39, 0.29) is 17.1 Å². The zero-order valence-electron chi connectivity index (χ0n) is 7.64. The third kappa shape index (κ3) is 1.57. The monoisotopic (exact) mass is 204 g/mol. The summed E-state index contributed by atoms with van der Waals surface area (Å²) in [5.74, 6) is -1.19. The van der Waals surface area contributed by atoms with Gasteiger partial charge in [-0.25, -0.2) is 4.79 Å². The molecule has 0 amide bonds. The van der Waals surface area contributed by atoms with Gasteiger partial charge in [-0.3, -0.25) is 0 Å². The molecule has 0 aliphatic heterocycles. The lowest BCUT2D eigenvalue weighted by atomic mass is 10.1. The summed E-state index contributed by atoms with van der Waals surface area (Å²) in [7, 11) is 0. The van der Waals surface area contributed by atoms with Gasteiger partial charge in [0.1, 0.15) is 11.5 Å². The Morgan fingerprint density at radius 3 is 2.47 bits per heavy atom. The molecule has 4 heteroatoms. The molecule has 0 unspecified atom stereocenters. The van der Waals surface area contributed by atoms with E-state index in [4.69, 9.17) is 5.11 Å². The van der Waals surface area contributed by atoms with Gasteiger partial charge in [-0.2, -0.15) is 0 Å². The molecule has 0 aliphatic rings. The Kier molecular flexibility index (Phi) is 1.97. The van der Waals surface area contributed by atoms with Gasteiger partial charge in [-0.1, -0.05) is 0 Å². The van der Waals surface area contributed by atoms with Gasteiger partial charge in [0.05, 0.1) is 5.56 Å². The number of carboxylic acids is 1. The van der Waals surface area contributed by atoms with E-state index in [1.54, 1.807) is 0 Å². The number of phenols is 2. The van der Waals surface area contributed by atoms with Gasteiger partial charge < -0.3 is 15.3 Å². The number of aromatic carboxylic acids is 1. The molecule has 2 rings (SSSR count). The average molecular weight is 204 g/mol. The first kappa shape index (κ1) is 9.33. The fourth-order valence-corrected chi connectivity index (χ4v) is 1.46. The van der Waals surface area contributed by atoms with Crippen LogP contribution in [0.1, 0.15) is 10.4 Å². The van der Waals surface area contributed by atoms with Crippen molar-refractivity contribution in [1.82, 2.24) is 0 Å². The SMILES string of the molecule is O=C(O)c1cc(O)c2ccc(O)cc2c1. The molecule has 0 aromatic heterocycles. The molecule has 0 bridgehead atoms. The Labute approximate surface area is 85.0 Å². The van der Waals surface area contributed by atoms with Crippen LogP contribution in [0.3, 0.4) is 0 Å². The second kappa shape index (κ2) is 3.16. The summed E-state index contributed by atoms with van der Waals surface area (Å²) in [6.07, 6.45) is 0. The quantitative estimate of drug-likeness (QED) is 0.663. The highest BCUT2D eigenvalue weighted by molar-refractivity contribution is 5.97. The van der Waals surface area contributed by atoms with E-state index < -0.39 is 5.97 Å². The van der Waals surface area contributed by atoms with E-state index in [1.165, 1.54) is 30.3 Å². The predicted molar refractivity (Wildman–Crippen MR) is 54.2 cm³/mol. The standard InChI is InChI=1S/C11H8O4/c12-8-1-2-9-6(4-8)3-7(11(14)15)5-10(9)13/h1-5,12-13H,(H,14,15). The van der Waals surface area contributed by atoms with E-state index >= 15 is 0 Å². The number of rotatable bonds is 1. The molecule has 0 atom stereocenters. The Morgan fingerprint density at radius 1 is 1.07 bits per heavy atom. The van der Waals surface area contributed by atoms with Gasteiger partial charge in [0.2, 0.25) is 0 Å². The first-order valence-electron chi connectivity index (χ1n) is 4.27. The minimum atomic E-state index is -1.12. The molecule has 0 radical (unpaired) electrons. The molecular formula is C11H8O4. The fourth-order valence-electron chi connectivity index (χ4n) is 1.46. The number of phenolic OH excluding ortho intramolecular Hbond substituents is 2. The molecule has 0 saturated heterocycles. The molecule has 0 saturated carbocycles. The van der Waals surface area contributed by atoms with Crippen LogP contribution in [0.2, 0.25) is 0 Å². The van der Waals surface area contributed by atoms with Crippen molar-refractivity contribution in [3.05, 3.63) is 35.9 Å².